The molecule has 0 aliphatic heterocycles. The second kappa shape index (κ2) is 6.68. The summed E-state index contributed by atoms with van der Waals surface area (Å²) in [4.78, 5) is 0.349. The summed E-state index contributed by atoms with van der Waals surface area (Å²) < 4.78 is 12.4. The van der Waals surface area contributed by atoms with Crippen LogP contribution >= 0.6 is 28.1 Å². The van der Waals surface area contributed by atoms with Gasteiger partial charge in [0.25, 0.3) is 0 Å². The highest BCUT2D eigenvalue weighted by molar-refractivity contribution is 9.10. The zero-order chi connectivity index (χ0) is 13.8. The molecule has 1 aromatic carbocycles. The average Bonchev–Trinajstić information content (AvgIpc) is 2.38. The molecule has 0 aromatic heterocycles. The van der Waals surface area contributed by atoms with Crippen molar-refractivity contribution < 1.29 is 9.47 Å². The Labute approximate surface area is 127 Å². The number of thiocarbonyl (C=S) groups is 1. The number of benzene rings is 1. The molecule has 2 rings (SSSR count). The van der Waals surface area contributed by atoms with Crippen molar-refractivity contribution >= 4 is 33.1 Å². The third kappa shape index (κ3) is 3.68. The Morgan fingerprint density at radius 2 is 2.11 bits per heavy atom. The molecule has 1 aromatic rings. The minimum atomic E-state index is 0.168. The standard InChI is InChI=1S/C14H18BrNO2S/c1-17-9-4-2-5-10(8-9)18-12-7-3-6-11(15)13(12)14(16)19/h3,6-7,9-10H,2,4-5,8H2,1H3,(H2,16,19). The minimum Gasteiger partial charge on any atom is -0.490 e. The van der Waals surface area contributed by atoms with Gasteiger partial charge in [0, 0.05) is 18.0 Å². The van der Waals surface area contributed by atoms with E-state index in [2.05, 4.69) is 15.9 Å². The monoisotopic (exact) mass is 343 g/mol. The number of methoxy groups -OCH3 is 1. The van der Waals surface area contributed by atoms with Crippen LogP contribution in [0.25, 0.3) is 0 Å². The molecule has 0 radical (unpaired) electrons. The largest absolute Gasteiger partial charge is 0.490 e. The van der Waals surface area contributed by atoms with Crippen molar-refractivity contribution in [3.8, 4) is 5.75 Å². The number of nitrogens with two attached hydrogens (primary N) is 1. The Morgan fingerprint density at radius 3 is 2.79 bits per heavy atom. The molecule has 0 bridgehead atoms. The Bertz CT molecular complexity index is 467. The van der Waals surface area contributed by atoms with Gasteiger partial charge < -0.3 is 15.2 Å². The van der Waals surface area contributed by atoms with Gasteiger partial charge in [-0.05, 0) is 47.3 Å². The molecule has 0 heterocycles. The van der Waals surface area contributed by atoms with Crippen LogP contribution in [-0.4, -0.2) is 24.3 Å². The Balaban J connectivity index is 2.14. The average molecular weight is 344 g/mol. The second-order valence-corrected chi connectivity index (χ2v) is 6.04. The molecule has 0 amide bonds. The van der Waals surface area contributed by atoms with Crippen LogP contribution in [0.4, 0.5) is 0 Å². The highest BCUT2D eigenvalue weighted by atomic mass is 79.9. The van der Waals surface area contributed by atoms with Crippen LogP contribution in [0.3, 0.4) is 0 Å². The molecule has 104 valence electrons. The highest BCUT2D eigenvalue weighted by Gasteiger charge is 2.24. The quantitative estimate of drug-likeness (QED) is 0.850. The molecule has 5 heteroatoms. The van der Waals surface area contributed by atoms with Crippen LogP contribution in [0.15, 0.2) is 22.7 Å². The van der Waals surface area contributed by atoms with Crippen molar-refractivity contribution in [1.29, 1.82) is 0 Å². The molecule has 2 unspecified atom stereocenters. The van der Waals surface area contributed by atoms with Gasteiger partial charge in [0.1, 0.15) is 16.8 Å². The molecule has 1 saturated carbocycles. The zero-order valence-corrected chi connectivity index (χ0v) is 13.3. The third-order valence-corrected chi connectivity index (χ3v) is 4.29. The van der Waals surface area contributed by atoms with Crippen molar-refractivity contribution in [2.45, 2.75) is 37.9 Å². The lowest BCUT2D eigenvalue weighted by molar-refractivity contribution is 0.0209. The minimum absolute atomic E-state index is 0.168. The van der Waals surface area contributed by atoms with Crippen molar-refractivity contribution in [3.05, 3.63) is 28.2 Å². The van der Waals surface area contributed by atoms with Crippen LogP contribution in [0.1, 0.15) is 31.2 Å². The summed E-state index contributed by atoms with van der Waals surface area (Å²) in [5.74, 6) is 0.753. The number of hydrogen-bond donors (Lipinski definition) is 1. The van der Waals surface area contributed by atoms with Gasteiger partial charge in [-0.3, -0.25) is 0 Å². The lowest BCUT2D eigenvalue weighted by Gasteiger charge is -2.29. The van der Waals surface area contributed by atoms with Crippen LogP contribution in [-0.2, 0) is 4.74 Å². The van der Waals surface area contributed by atoms with Crippen molar-refractivity contribution in [1.82, 2.24) is 0 Å². The number of ether oxygens (including phenoxy) is 2. The summed E-state index contributed by atoms with van der Waals surface area (Å²) in [5, 5.41) is 0. The summed E-state index contributed by atoms with van der Waals surface area (Å²) in [6.07, 6.45) is 4.65. The van der Waals surface area contributed by atoms with Crippen molar-refractivity contribution in [2.24, 2.45) is 5.73 Å². The fraction of sp³-hybridized carbons (Fsp3) is 0.500. The van der Waals surface area contributed by atoms with Gasteiger partial charge in [-0.25, -0.2) is 0 Å². The lowest BCUT2D eigenvalue weighted by Crippen LogP contribution is -2.30. The first-order valence-corrected chi connectivity index (χ1v) is 7.59. The lowest BCUT2D eigenvalue weighted by atomic mass is 9.95. The maximum atomic E-state index is 6.08. The van der Waals surface area contributed by atoms with Gasteiger partial charge in [0.2, 0.25) is 0 Å². The summed E-state index contributed by atoms with van der Waals surface area (Å²) >= 11 is 8.56. The van der Waals surface area contributed by atoms with Gasteiger partial charge in [-0.2, -0.15) is 0 Å². The maximum absolute atomic E-state index is 6.08. The van der Waals surface area contributed by atoms with Gasteiger partial charge in [-0.15, -0.1) is 0 Å². The second-order valence-electron chi connectivity index (χ2n) is 4.74. The Morgan fingerprint density at radius 1 is 1.37 bits per heavy atom. The summed E-state index contributed by atoms with van der Waals surface area (Å²) in [5.41, 5.74) is 6.55. The van der Waals surface area contributed by atoms with E-state index in [1.165, 1.54) is 0 Å². The molecule has 1 aliphatic carbocycles. The maximum Gasteiger partial charge on any atom is 0.131 e. The highest BCUT2D eigenvalue weighted by Crippen LogP contribution is 2.31. The molecule has 1 aliphatic rings. The van der Waals surface area contributed by atoms with E-state index in [4.69, 9.17) is 27.4 Å². The summed E-state index contributed by atoms with van der Waals surface area (Å²) in [6, 6.07) is 5.76. The SMILES string of the molecule is COC1CCCC(Oc2cccc(Br)c2C(N)=S)C1. The molecule has 2 N–H and O–H groups in total. The van der Waals surface area contributed by atoms with E-state index in [0.717, 1.165) is 41.5 Å². The van der Waals surface area contributed by atoms with E-state index < -0.39 is 0 Å². The van der Waals surface area contributed by atoms with E-state index >= 15 is 0 Å². The van der Waals surface area contributed by atoms with E-state index in [9.17, 15) is 0 Å². The predicted octanol–water partition coefficient (Wildman–Crippen LogP) is 3.42. The normalized spacial score (nSPS) is 23.1. The van der Waals surface area contributed by atoms with E-state index in [1.54, 1.807) is 7.11 Å². The molecule has 0 saturated heterocycles. The number of rotatable bonds is 4. The van der Waals surface area contributed by atoms with Crippen LogP contribution in [0.5, 0.6) is 5.75 Å². The Kier molecular flexibility index (Phi) is 5.19. The summed E-state index contributed by atoms with van der Waals surface area (Å²) in [7, 11) is 1.76. The molecule has 1 fully saturated rings. The van der Waals surface area contributed by atoms with E-state index in [0.29, 0.717) is 11.1 Å². The molecular formula is C14H18BrNO2S. The zero-order valence-electron chi connectivity index (χ0n) is 10.9. The van der Waals surface area contributed by atoms with Crippen LogP contribution < -0.4 is 10.5 Å². The van der Waals surface area contributed by atoms with Crippen molar-refractivity contribution in [3.63, 3.8) is 0 Å². The van der Waals surface area contributed by atoms with E-state index in [-0.39, 0.29) is 6.10 Å². The fourth-order valence-electron chi connectivity index (χ4n) is 2.44. The Hall–Kier alpha value is -0.650. The third-order valence-electron chi connectivity index (χ3n) is 3.43. The van der Waals surface area contributed by atoms with Gasteiger partial charge in [0.15, 0.2) is 0 Å². The molecular weight excluding hydrogens is 326 g/mol. The molecule has 19 heavy (non-hydrogen) atoms. The molecule has 0 spiro atoms. The van der Waals surface area contributed by atoms with Gasteiger partial charge >= 0.3 is 0 Å². The van der Waals surface area contributed by atoms with Gasteiger partial charge in [-0.1, -0.05) is 18.3 Å². The molecule has 2 atom stereocenters. The number of hydrogen-bond acceptors (Lipinski definition) is 3. The van der Waals surface area contributed by atoms with E-state index in [1.807, 2.05) is 18.2 Å². The van der Waals surface area contributed by atoms with Crippen molar-refractivity contribution in [2.75, 3.05) is 7.11 Å². The van der Waals surface area contributed by atoms with Gasteiger partial charge in [0.05, 0.1) is 11.7 Å². The number of halogens is 1. The first-order chi connectivity index (χ1) is 9.11. The van der Waals surface area contributed by atoms with Crippen LogP contribution in [0.2, 0.25) is 0 Å². The first-order valence-electron chi connectivity index (χ1n) is 6.39. The topological polar surface area (TPSA) is 44.5 Å². The molecule has 3 nitrogen and oxygen atoms in total. The summed E-state index contributed by atoms with van der Waals surface area (Å²) in [6.45, 7) is 0. The van der Waals surface area contributed by atoms with Crippen LogP contribution in [0, 0.1) is 0 Å². The predicted molar refractivity (Wildman–Crippen MR) is 83.7 cm³/mol. The fourth-order valence-corrected chi connectivity index (χ4v) is 3.35. The smallest absolute Gasteiger partial charge is 0.131 e. The first kappa shape index (κ1) is 14.8.